The molecule has 156 valence electrons. The van der Waals surface area contributed by atoms with E-state index in [0.29, 0.717) is 11.3 Å². The lowest BCUT2D eigenvalue weighted by Crippen LogP contribution is -2.31. The summed E-state index contributed by atoms with van der Waals surface area (Å²) >= 11 is 0. The Morgan fingerprint density at radius 1 is 1.23 bits per heavy atom. The van der Waals surface area contributed by atoms with E-state index in [-0.39, 0.29) is 17.1 Å². The number of aromatic hydroxyl groups is 1. The summed E-state index contributed by atoms with van der Waals surface area (Å²) in [6, 6.07) is 10.8. The normalized spacial score (nSPS) is 17.3. The Balaban J connectivity index is 1.78. The molecule has 0 fully saturated rings. The highest BCUT2D eigenvalue weighted by Gasteiger charge is 2.29. The van der Waals surface area contributed by atoms with Gasteiger partial charge in [-0.05, 0) is 81.7 Å². The quantitative estimate of drug-likeness (QED) is 0.339. The summed E-state index contributed by atoms with van der Waals surface area (Å²) in [5.74, 6) is 0.970. The molecule has 0 radical (unpaired) electrons. The van der Waals surface area contributed by atoms with E-state index in [4.69, 9.17) is 9.47 Å². The average molecular weight is 405 g/mol. The van der Waals surface area contributed by atoms with Crippen molar-refractivity contribution in [3.63, 3.8) is 0 Å². The fourth-order valence-corrected chi connectivity index (χ4v) is 3.37. The Morgan fingerprint density at radius 2 is 2.03 bits per heavy atom. The van der Waals surface area contributed by atoms with Crippen LogP contribution in [-0.2, 0) is 0 Å². The van der Waals surface area contributed by atoms with Gasteiger partial charge in [0.1, 0.15) is 22.8 Å². The van der Waals surface area contributed by atoms with Crippen molar-refractivity contribution in [2.45, 2.75) is 39.2 Å². The van der Waals surface area contributed by atoms with Gasteiger partial charge in [0.2, 0.25) is 0 Å². The van der Waals surface area contributed by atoms with Crippen LogP contribution in [0.2, 0.25) is 0 Å². The van der Waals surface area contributed by atoms with Crippen LogP contribution < -0.4 is 9.47 Å². The summed E-state index contributed by atoms with van der Waals surface area (Å²) in [4.78, 5) is 12.7. The molecule has 3 rings (SSSR count). The van der Waals surface area contributed by atoms with E-state index in [2.05, 4.69) is 19.9 Å². The van der Waals surface area contributed by atoms with Gasteiger partial charge in [-0.25, -0.2) is 0 Å². The second-order valence-corrected chi connectivity index (χ2v) is 7.92. The van der Waals surface area contributed by atoms with Crippen LogP contribution in [0.15, 0.2) is 60.2 Å². The number of fused-ring (bicyclic) bond motifs is 1. The highest BCUT2D eigenvalue weighted by atomic mass is 16.5. The Kier molecular flexibility index (Phi) is 6.46. The van der Waals surface area contributed by atoms with Crippen LogP contribution in [0, 0.1) is 0 Å². The molecule has 30 heavy (non-hydrogen) atoms. The van der Waals surface area contributed by atoms with E-state index in [0.717, 1.165) is 24.2 Å². The zero-order chi connectivity index (χ0) is 21.7. The molecule has 0 saturated carbocycles. The van der Waals surface area contributed by atoms with Crippen LogP contribution >= 0.6 is 0 Å². The van der Waals surface area contributed by atoms with Gasteiger partial charge in [0.25, 0.3) is 0 Å². The van der Waals surface area contributed by atoms with Gasteiger partial charge in [-0.2, -0.15) is 0 Å². The molecule has 0 amide bonds. The van der Waals surface area contributed by atoms with E-state index in [1.165, 1.54) is 11.6 Å². The number of benzene rings is 2. The Labute approximate surface area is 178 Å². The minimum Gasteiger partial charge on any atom is -0.506 e. The van der Waals surface area contributed by atoms with E-state index in [1.807, 2.05) is 43.3 Å². The highest BCUT2D eigenvalue weighted by Crippen LogP contribution is 2.40. The molecule has 1 N–H and O–H groups in total. The molecule has 0 aromatic heterocycles. The molecule has 4 heteroatoms. The zero-order valence-corrected chi connectivity index (χ0v) is 17.9. The van der Waals surface area contributed by atoms with Gasteiger partial charge in [-0.15, -0.1) is 0 Å². The number of phenols is 1. The van der Waals surface area contributed by atoms with Crippen LogP contribution in [0.5, 0.6) is 17.2 Å². The molecule has 1 atom stereocenters. The number of ether oxygens (including phenoxy) is 2. The van der Waals surface area contributed by atoms with Crippen molar-refractivity contribution >= 4 is 17.9 Å². The predicted octanol–water partition coefficient (Wildman–Crippen LogP) is 6.21. The largest absolute Gasteiger partial charge is 0.506 e. The first-order valence-corrected chi connectivity index (χ1v) is 10.1. The highest BCUT2D eigenvalue weighted by molar-refractivity contribution is 6.09. The molecule has 0 aliphatic carbocycles. The SMILES string of the molecule is COc1cccc(/C=C/C(=O)c2ccc3c(c2O)C=CC(C)(CCC=C(C)C)O3)c1. The molecule has 1 unspecified atom stereocenters. The van der Waals surface area contributed by atoms with E-state index < -0.39 is 5.60 Å². The summed E-state index contributed by atoms with van der Waals surface area (Å²) < 4.78 is 11.3. The molecule has 0 saturated heterocycles. The predicted molar refractivity (Wildman–Crippen MR) is 121 cm³/mol. The van der Waals surface area contributed by atoms with Gasteiger partial charge in [-0.3, -0.25) is 4.79 Å². The monoisotopic (exact) mass is 404 g/mol. The summed E-state index contributed by atoms with van der Waals surface area (Å²) in [5, 5.41) is 10.7. The molecule has 1 aliphatic heterocycles. The number of carbonyl (C=O) groups is 1. The van der Waals surface area contributed by atoms with Crippen molar-refractivity contribution in [1.82, 2.24) is 0 Å². The standard InChI is InChI=1S/C26H28O4/c1-18(2)7-6-15-26(3)16-14-22-24(30-26)13-11-21(25(22)28)23(27)12-10-19-8-5-9-20(17-19)29-4/h5,7-14,16-17,28H,6,15H2,1-4H3/b12-10+. The molecule has 1 aliphatic rings. The van der Waals surface area contributed by atoms with Crippen LogP contribution in [-0.4, -0.2) is 23.6 Å². The molecule has 4 nitrogen and oxygen atoms in total. The van der Waals surface area contributed by atoms with Gasteiger partial charge in [0, 0.05) is 0 Å². The smallest absolute Gasteiger partial charge is 0.189 e. The third-order valence-corrected chi connectivity index (χ3v) is 5.10. The summed E-state index contributed by atoms with van der Waals surface area (Å²) in [6.45, 7) is 6.18. The first kappa shape index (κ1) is 21.4. The Hall–Kier alpha value is -3.27. The maximum absolute atomic E-state index is 12.7. The van der Waals surface area contributed by atoms with Crippen LogP contribution in [0.1, 0.15) is 55.1 Å². The molecule has 0 bridgehead atoms. The molecular formula is C26H28O4. The molecule has 0 spiro atoms. The zero-order valence-electron chi connectivity index (χ0n) is 17.9. The Bertz CT molecular complexity index is 1030. The van der Waals surface area contributed by atoms with Crippen molar-refractivity contribution in [3.8, 4) is 17.2 Å². The van der Waals surface area contributed by atoms with Crippen molar-refractivity contribution in [1.29, 1.82) is 0 Å². The number of hydrogen-bond acceptors (Lipinski definition) is 4. The molecule has 2 aromatic carbocycles. The minimum absolute atomic E-state index is 0.0598. The van der Waals surface area contributed by atoms with Crippen molar-refractivity contribution in [3.05, 3.63) is 76.9 Å². The maximum atomic E-state index is 12.7. The first-order valence-electron chi connectivity index (χ1n) is 10.1. The van der Waals surface area contributed by atoms with Crippen molar-refractivity contribution in [2.24, 2.45) is 0 Å². The first-order chi connectivity index (χ1) is 14.3. The number of allylic oxidation sites excluding steroid dienone is 3. The second kappa shape index (κ2) is 9.04. The molecule has 2 aromatic rings. The van der Waals surface area contributed by atoms with Crippen LogP contribution in [0.4, 0.5) is 0 Å². The summed E-state index contributed by atoms with van der Waals surface area (Å²) in [6.07, 6.45) is 10.9. The van der Waals surface area contributed by atoms with Crippen molar-refractivity contribution < 1.29 is 19.4 Å². The number of phenolic OH excluding ortho intramolecular Hbond substituents is 1. The van der Waals surface area contributed by atoms with E-state index in [1.54, 1.807) is 25.3 Å². The lowest BCUT2D eigenvalue weighted by Gasteiger charge is -2.32. The summed E-state index contributed by atoms with van der Waals surface area (Å²) in [7, 11) is 1.60. The maximum Gasteiger partial charge on any atom is 0.189 e. The topological polar surface area (TPSA) is 55.8 Å². The molecular weight excluding hydrogens is 376 g/mol. The van der Waals surface area contributed by atoms with E-state index >= 15 is 0 Å². The van der Waals surface area contributed by atoms with Crippen LogP contribution in [0.25, 0.3) is 12.2 Å². The third-order valence-electron chi connectivity index (χ3n) is 5.10. The Morgan fingerprint density at radius 3 is 2.77 bits per heavy atom. The number of methoxy groups -OCH3 is 1. The number of hydrogen-bond donors (Lipinski definition) is 1. The van der Waals surface area contributed by atoms with Gasteiger partial charge in [0.15, 0.2) is 5.78 Å². The average Bonchev–Trinajstić information content (AvgIpc) is 2.72. The van der Waals surface area contributed by atoms with Gasteiger partial charge in [-0.1, -0.05) is 29.9 Å². The van der Waals surface area contributed by atoms with Gasteiger partial charge < -0.3 is 14.6 Å². The lowest BCUT2D eigenvalue weighted by molar-refractivity contribution is 0.104. The second-order valence-electron chi connectivity index (χ2n) is 7.92. The summed E-state index contributed by atoms with van der Waals surface area (Å²) in [5.41, 5.74) is 2.46. The number of ketones is 1. The fourth-order valence-electron chi connectivity index (χ4n) is 3.37. The number of carbonyl (C=O) groups excluding carboxylic acids is 1. The minimum atomic E-state index is -0.441. The lowest BCUT2D eigenvalue weighted by atomic mass is 9.93. The molecule has 1 heterocycles. The third kappa shape index (κ3) is 5.01. The van der Waals surface area contributed by atoms with Gasteiger partial charge in [0.05, 0.1) is 18.2 Å². The van der Waals surface area contributed by atoms with E-state index in [9.17, 15) is 9.90 Å². The van der Waals surface area contributed by atoms with Crippen molar-refractivity contribution in [2.75, 3.05) is 7.11 Å². The number of rotatable bonds is 7. The fraction of sp³-hybridized carbons (Fsp3) is 0.269. The van der Waals surface area contributed by atoms with Crippen LogP contribution in [0.3, 0.4) is 0 Å². The van der Waals surface area contributed by atoms with Gasteiger partial charge >= 0.3 is 0 Å².